The van der Waals surface area contributed by atoms with Gasteiger partial charge >= 0.3 is 0 Å². The molecule has 4 heteroatoms. The summed E-state index contributed by atoms with van der Waals surface area (Å²) >= 11 is 3.46. The highest BCUT2D eigenvalue weighted by Gasteiger charge is 2.08. The van der Waals surface area contributed by atoms with Gasteiger partial charge in [-0.25, -0.2) is 0 Å². The Morgan fingerprint density at radius 1 is 1.12 bits per heavy atom. The molecule has 0 saturated heterocycles. The zero-order chi connectivity index (χ0) is 11.8. The Kier molecular flexibility index (Phi) is 2.37. The van der Waals surface area contributed by atoms with Crippen LogP contribution in [0.1, 0.15) is 0 Å². The number of nitrogens with two attached hydrogens (primary N) is 1. The van der Waals surface area contributed by atoms with E-state index in [-0.39, 0.29) is 0 Å². The van der Waals surface area contributed by atoms with Crippen LogP contribution in [-0.2, 0) is 0 Å². The Hall–Kier alpha value is -1.81. The fourth-order valence-electron chi connectivity index (χ4n) is 1.89. The number of H-pyrrole nitrogens is 1. The highest BCUT2D eigenvalue weighted by atomic mass is 79.9. The van der Waals surface area contributed by atoms with Gasteiger partial charge in [-0.2, -0.15) is 5.10 Å². The molecule has 0 saturated carbocycles. The lowest BCUT2D eigenvalue weighted by Crippen LogP contribution is -1.83. The summed E-state index contributed by atoms with van der Waals surface area (Å²) in [6, 6.07) is 13.8. The van der Waals surface area contributed by atoms with Gasteiger partial charge in [-0.1, -0.05) is 28.1 Å². The minimum atomic E-state index is 0.746. The summed E-state index contributed by atoms with van der Waals surface area (Å²) < 4.78 is 1.04. The molecule has 2 aromatic carbocycles. The maximum atomic E-state index is 5.81. The van der Waals surface area contributed by atoms with Crippen LogP contribution in [0.4, 0.5) is 5.69 Å². The summed E-state index contributed by atoms with van der Waals surface area (Å²) in [5, 5.41) is 8.40. The lowest BCUT2D eigenvalue weighted by atomic mass is 10.1. The average molecular weight is 288 g/mol. The molecule has 0 aliphatic carbocycles. The molecular formula is C13H10BrN3. The Balaban J connectivity index is 2.27. The number of anilines is 1. The number of aromatic amines is 1. The summed E-state index contributed by atoms with van der Waals surface area (Å²) in [4.78, 5) is 0. The number of benzene rings is 2. The van der Waals surface area contributed by atoms with Crippen molar-refractivity contribution in [2.45, 2.75) is 0 Å². The number of fused-ring (bicyclic) bond motifs is 1. The number of aromatic nitrogens is 2. The van der Waals surface area contributed by atoms with Gasteiger partial charge in [-0.15, -0.1) is 0 Å². The van der Waals surface area contributed by atoms with Crippen LogP contribution in [0.3, 0.4) is 0 Å². The molecule has 0 fully saturated rings. The maximum absolute atomic E-state index is 5.81. The number of nitrogens with zero attached hydrogens (tertiary/aromatic N) is 1. The van der Waals surface area contributed by atoms with Crippen molar-refractivity contribution in [3.8, 4) is 11.3 Å². The van der Waals surface area contributed by atoms with Gasteiger partial charge in [0.1, 0.15) is 5.69 Å². The van der Waals surface area contributed by atoms with Gasteiger partial charge in [-0.05, 0) is 30.3 Å². The van der Waals surface area contributed by atoms with E-state index in [1.54, 1.807) is 0 Å². The molecule has 3 nitrogen and oxygen atoms in total. The van der Waals surface area contributed by atoms with E-state index in [0.29, 0.717) is 0 Å². The van der Waals surface area contributed by atoms with Crippen molar-refractivity contribution in [1.29, 1.82) is 0 Å². The number of rotatable bonds is 1. The van der Waals surface area contributed by atoms with Crippen LogP contribution < -0.4 is 5.73 Å². The van der Waals surface area contributed by atoms with E-state index in [1.165, 1.54) is 0 Å². The van der Waals surface area contributed by atoms with Crippen molar-refractivity contribution < 1.29 is 0 Å². The molecule has 0 atom stereocenters. The predicted octanol–water partition coefficient (Wildman–Crippen LogP) is 3.57. The molecule has 0 radical (unpaired) electrons. The Bertz CT molecular complexity index is 688. The monoisotopic (exact) mass is 287 g/mol. The van der Waals surface area contributed by atoms with E-state index < -0.39 is 0 Å². The summed E-state index contributed by atoms with van der Waals surface area (Å²) in [7, 11) is 0. The zero-order valence-electron chi connectivity index (χ0n) is 8.94. The van der Waals surface area contributed by atoms with Gasteiger partial charge in [-0.3, -0.25) is 5.10 Å². The second-order valence-electron chi connectivity index (χ2n) is 3.89. The van der Waals surface area contributed by atoms with Crippen molar-refractivity contribution in [2.75, 3.05) is 5.73 Å². The lowest BCUT2D eigenvalue weighted by molar-refractivity contribution is 1.12. The molecule has 0 aliphatic rings. The molecule has 0 unspecified atom stereocenters. The number of nitrogen functional groups attached to an aromatic ring is 1. The standard InChI is InChI=1S/C13H10BrN3/c14-9-3-1-2-8(6-9)13-11-7-10(15)4-5-12(11)16-17-13/h1-7H,15H2,(H,16,17). The van der Waals surface area contributed by atoms with Gasteiger partial charge in [0.25, 0.3) is 0 Å². The Labute approximate surface area is 107 Å². The van der Waals surface area contributed by atoms with E-state index in [2.05, 4.69) is 26.1 Å². The van der Waals surface area contributed by atoms with Gasteiger partial charge in [0, 0.05) is 21.1 Å². The first kappa shape index (κ1) is 10.4. The van der Waals surface area contributed by atoms with Crippen LogP contribution in [-0.4, -0.2) is 10.2 Å². The van der Waals surface area contributed by atoms with E-state index in [4.69, 9.17) is 5.73 Å². The van der Waals surface area contributed by atoms with Crippen LogP contribution in [0.15, 0.2) is 46.9 Å². The first-order valence-corrected chi connectivity index (χ1v) is 6.03. The summed E-state index contributed by atoms with van der Waals surface area (Å²) in [6.07, 6.45) is 0. The third kappa shape index (κ3) is 1.80. The topological polar surface area (TPSA) is 54.7 Å². The fraction of sp³-hybridized carbons (Fsp3) is 0. The molecule has 1 heterocycles. The second-order valence-corrected chi connectivity index (χ2v) is 4.80. The van der Waals surface area contributed by atoms with Gasteiger partial charge in [0.2, 0.25) is 0 Å². The minimum Gasteiger partial charge on any atom is -0.399 e. The Morgan fingerprint density at radius 2 is 2.00 bits per heavy atom. The van der Waals surface area contributed by atoms with E-state index in [9.17, 15) is 0 Å². The molecule has 0 spiro atoms. The zero-order valence-corrected chi connectivity index (χ0v) is 10.5. The molecule has 0 amide bonds. The molecular weight excluding hydrogens is 278 g/mol. The van der Waals surface area contributed by atoms with E-state index in [1.807, 2.05) is 42.5 Å². The SMILES string of the molecule is Nc1ccc2[nH]nc(-c3cccc(Br)c3)c2c1. The summed E-state index contributed by atoms with van der Waals surface area (Å²) in [6.45, 7) is 0. The van der Waals surface area contributed by atoms with E-state index in [0.717, 1.165) is 32.3 Å². The van der Waals surface area contributed by atoms with Gasteiger partial charge < -0.3 is 5.73 Å². The van der Waals surface area contributed by atoms with Crippen LogP contribution in [0, 0.1) is 0 Å². The van der Waals surface area contributed by atoms with E-state index >= 15 is 0 Å². The highest BCUT2D eigenvalue weighted by molar-refractivity contribution is 9.10. The minimum absolute atomic E-state index is 0.746. The predicted molar refractivity (Wildman–Crippen MR) is 73.6 cm³/mol. The normalized spacial score (nSPS) is 10.9. The Morgan fingerprint density at radius 3 is 2.82 bits per heavy atom. The number of hydrogen-bond acceptors (Lipinski definition) is 2. The largest absolute Gasteiger partial charge is 0.399 e. The highest BCUT2D eigenvalue weighted by Crippen LogP contribution is 2.29. The molecule has 17 heavy (non-hydrogen) atoms. The van der Waals surface area contributed by atoms with Crippen LogP contribution in [0.5, 0.6) is 0 Å². The molecule has 3 N–H and O–H groups in total. The number of nitrogens with one attached hydrogen (secondary N) is 1. The molecule has 84 valence electrons. The number of halogens is 1. The average Bonchev–Trinajstić information content (AvgIpc) is 2.71. The first-order valence-electron chi connectivity index (χ1n) is 5.23. The van der Waals surface area contributed by atoms with Crippen molar-refractivity contribution in [2.24, 2.45) is 0 Å². The molecule has 1 aromatic heterocycles. The third-order valence-electron chi connectivity index (χ3n) is 2.68. The summed E-state index contributed by atoms with van der Waals surface area (Å²) in [5.74, 6) is 0. The molecule has 0 aliphatic heterocycles. The summed E-state index contributed by atoms with van der Waals surface area (Å²) in [5.41, 5.74) is 9.54. The second kappa shape index (κ2) is 3.89. The van der Waals surface area contributed by atoms with Crippen LogP contribution in [0.2, 0.25) is 0 Å². The number of hydrogen-bond donors (Lipinski definition) is 2. The van der Waals surface area contributed by atoms with Crippen molar-refractivity contribution in [3.63, 3.8) is 0 Å². The fourth-order valence-corrected chi connectivity index (χ4v) is 2.29. The van der Waals surface area contributed by atoms with Gasteiger partial charge in [0.15, 0.2) is 0 Å². The van der Waals surface area contributed by atoms with Crippen LogP contribution >= 0.6 is 15.9 Å². The van der Waals surface area contributed by atoms with Crippen molar-refractivity contribution in [3.05, 3.63) is 46.9 Å². The quantitative estimate of drug-likeness (QED) is 0.672. The molecule has 3 rings (SSSR count). The maximum Gasteiger partial charge on any atom is 0.100 e. The van der Waals surface area contributed by atoms with Gasteiger partial charge in [0.05, 0.1) is 5.52 Å². The molecule has 0 bridgehead atoms. The third-order valence-corrected chi connectivity index (χ3v) is 3.18. The first-order chi connectivity index (χ1) is 8.24. The van der Waals surface area contributed by atoms with Crippen molar-refractivity contribution in [1.82, 2.24) is 10.2 Å². The smallest absolute Gasteiger partial charge is 0.100 e. The lowest BCUT2D eigenvalue weighted by Gasteiger charge is -1.99. The van der Waals surface area contributed by atoms with Crippen LogP contribution in [0.25, 0.3) is 22.2 Å². The van der Waals surface area contributed by atoms with Crippen molar-refractivity contribution >= 4 is 32.5 Å². The molecule has 3 aromatic rings.